The summed E-state index contributed by atoms with van der Waals surface area (Å²) in [6.45, 7) is 6.13. The smallest absolute Gasteiger partial charge is 0.245 e. The molecule has 1 fully saturated rings. The van der Waals surface area contributed by atoms with Crippen molar-refractivity contribution in [3.63, 3.8) is 0 Å². The average molecular weight is 381 g/mol. The van der Waals surface area contributed by atoms with Crippen molar-refractivity contribution in [2.24, 2.45) is 0 Å². The number of hydrogen-bond acceptors (Lipinski definition) is 7. The monoisotopic (exact) mass is 380 g/mol. The Bertz CT molecular complexity index is 886. The number of rotatable bonds is 5. The van der Waals surface area contributed by atoms with Gasteiger partial charge in [0.15, 0.2) is 0 Å². The van der Waals surface area contributed by atoms with Crippen LogP contribution in [0.25, 0.3) is 11.3 Å². The van der Waals surface area contributed by atoms with Crippen LogP contribution in [-0.4, -0.2) is 38.2 Å². The van der Waals surface area contributed by atoms with Gasteiger partial charge in [0, 0.05) is 42.3 Å². The predicted molar refractivity (Wildman–Crippen MR) is 108 cm³/mol. The maximum atomic E-state index is 4.88. The molecule has 7 heteroatoms. The van der Waals surface area contributed by atoms with Gasteiger partial charge in [-0.15, -0.1) is 16.4 Å². The summed E-state index contributed by atoms with van der Waals surface area (Å²) < 4.78 is 0. The third-order valence-electron chi connectivity index (χ3n) is 5.12. The van der Waals surface area contributed by atoms with Crippen LogP contribution in [0.15, 0.2) is 29.9 Å². The molecule has 6 nitrogen and oxygen atoms in total. The lowest BCUT2D eigenvalue weighted by molar-refractivity contribution is 0.495. The van der Waals surface area contributed by atoms with E-state index in [2.05, 4.69) is 39.3 Å². The Kier molecular flexibility index (Phi) is 5.38. The van der Waals surface area contributed by atoms with Crippen molar-refractivity contribution in [1.82, 2.24) is 25.1 Å². The lowest BCUT2D eigenvalue weighted by Gasteiger charge is -2.31. The van der Waals surface area contributed by atoms with Gasteiger partial charge in [0.2, 0.25) is 5.95 Å². The second-order valence-electron chi connectivity index (χ2n) is 6.78. The molecule has 140 valence electrons. The molecule has 0 saturated carbocycles. The molecule has 3 aromatic heterocycles. The van der Waals surface area contributed by atoms with E-state index in [1.54, 1.807) is 11.3 Å². The number of thiazole rings is 1. The molecule has 0 aromatic carbocycles. The Labute approximate surface area is 163 Å². The number of piperidine rings is 1. The first-order chi connectivity index (χ1) is 13.3. The molecule has 3 aromatic rings. The van der Waals surface area contributed by atoms with Crippen molar-refractivity contribution < 1.29 is 0 Å². The number of aromatic nitrogens is 5. The second-order valence-corrected chi connectivity index (χ2v) is 7.67. The zero-order valence-corrected chi connectivity index (χ0v) is 16.6. The van der Waals surface area contributed by atoms with E-state index in [4.69, 9.17) is 9.97 Å². The molecule has 0 atom stereocenters. The third kappa shape index (κ3) is 3.83. The molecule has 0 unspecified atom stereocenters. The van der Waals surface area contributed by atoms with Gasteiger partial charge in [-0.1, -0.05) is 13.8 Å². The van der Waals surface area contributed by atoms with Gasteiger partial charge in [0.1, 0.15) is 0 Å². The van der Waals surface area contributed by atoms with Crippen molar-refractivity contribution in [2.75, 3.05) is 18.0 Å². The van der Waals surface area contributed by atoms with E-state index in [-0.39, 0.29) is 0 Å². The van der Waals surface area contributed by atoms with Crippen molar-refractivity contribution in [2.45, 2.75) is 45.4 Å². The maximum absolute atomic E-state index is 4.88. The van der Waals surface area contributed by atoms with Gasteiger partial charge in [-0.25, -0.2) is 9.97 Å². The fourth-order valence-corrected chi connectivity index (χ4v) is 4.52. The minimum Gasteiger partial charge on any atom is -0.339 e. The Balaban J connectivity index is 1.43. The van der Waals surface area contributed by atoms with E-state index in [1.165, 1.54) is 5.01 Å². The van der Waals surface area contributed by atoms with Crippen LogP contribution in [0.3, 0.4) is 0 Å². The summed E-state index contributed by atoms with van der Waals surface area (Å²) in [5.41, 5.74) is 4.27. The molecule has 27 heavy (non-hydrogen) atoms. The molecule has 0 aliphatic carbocycles. The molecular formula is C20H24N6S. The normalized spacial score (nSPS) is 15.3. The standard InChI is InChI=1S/C20H24N6S/c1-3-16-17(4-2)24-25-20(23-16)26-11-7-15(8-12-26)19-22-18(13-27-19)14-5-9-21-10-6-14/h5-6,9-10,13,15H,3-4,7-8,11-12H2,1-2H3. The zero-order chi connectivity index (χ0) is 18.6. The molecule has 0 amide bonds. The van der Waals surface area contributed by atoms with Crippen LogP contribution in [0.1, 0.15) is 49.0 Å². The lowest BCUT2D eigenvalue weighted by Crippen LogP contribution is -2.34. The summed E-state index contributed by atoms with van der Waals surface area (Å²) in [7, 11) is 0. The molecule has 1 aliphatic heterocycles. The van der Waals surface area contributed by atoms with E-state index >= 15 is 0 Å². The van der Waals surface area contributed by atoms with Crippen molar-refractivity contribution >= 4 is 17.3 Å². The predicted octanol–water partition coefficient (Wildman–Crippen LogP) is 3.90. The molecule has 1 aliphatic rings. The van der Waals surface area contributed by atoms with Crippen LogP contribution in [0, 0.1) is 0 Å². The first kappa shape index (κ1) is 18.0. The van der Waals surface area contributed by atoms with Crippen LogP contribution in [0.5, 0.6) is 0 Å². The maximum Gasteiger partial charge on any atom is 0.245 e. The van der Waals surface area contributed by atoms with E-state index in [0.29, 0.717) is 5.92 Å². The Hall–Kier alpha value is -2.41. The molecule has 0 bridgehead atoms. The van der Waals surface area contributed by atoms with Gasteiger partial charge >= 0.3 is 0 Å². The summed E-state index contributed by atoms with van der Waals surface area (Å²) in [4.78, 5) is 16.0. The third-order valence-corrected chi connectivity index (χ3v) is 6.13. The molecule has 0 N–H and O–H groups in total. The average Bonchev–Trinajstić information content (AvgIpc) is 3.24. The Morgan fingerprint density at radius 3 is 2.44 bits per heavy atom. The summed E-state index contributed by atoms with van der Waals surface area (Å²) in [5, 5.41) is 12.1. The number of aryl methyl sites for hydroxylation is 2. The summed E-state index contributed by atoms with van der Waals surface area (Å²) >= 11 is 1.77. The molecular weight excluding hydrogens is 356 g/mol. The van der Waals surface area contributed by atoms with Crippen molar-refractivity contribution in [3.05, 3.63) is 46.3 Å². The minimum absolute atomic E-state index is 0.510. The first-order valence-corrected chi connectivity index (χ1v) is 10.5. The largest absolute Gasteiger partial charge is 0.339 e. The van der Waals surface area contributed by atoms with E-state index in [9.17, 15) is 0 Å². The van der Waals surface area contributed by atoms with Crippen molar-refractivity contribution in [1.29, 1.82) is 0 Å². The van der Waals surface area contributed by atoms with E-state index in [1.807, 2.05) is 24.5 Å². The molecule has 0 radical (unpaired) electrons. The van der Waals surface area contributed by atoms with Gasteiger partial charge < -0.3 is 4.90 Å². The quantitative estimate of drug-likeness (QED) is 0.669. The van der Waals surface area contributed by atoms with Crippen LogP contribution >= 0.6 is 11.3 Å². The van der Waals surface area contributed by atoms with Gasteiger partial charge in [0.25, 0.3) is 0 Å². The fraction of sp³-hybridized carbons (Fsp3) is 0.450. The Morgan fingerprint density at radius 1 is 1.00 bits per heavy atom. The van der Waals surface area contributed by atoms with Gasteiger partial charge in [-0.2, -0.15) is 5.10 Å². The first-order valence-electron chi connectivity index (χ1n) is 9.61. The minimum atomic E-state index is 0.510. The number of hydrogen-bond donors (Lipinski definition) is 0. The number of nitrogens with zero attached hydrogens (tertiary/aromatic N) is 6. The summed E-state index contributed by atoms with van der Waals surface area (Å²) in [6, 6.07) is 4.02. The van der Waals surface area contributed by atoms with Crippen LogP contribution in [-0.2, 0) is 12.8 Å². The van der Waals surface area contributed by atoms with Crippen LogP contribution in [0.4, 0.5) is 5.95 Å². The lowest BCUT2D eigenvalue weighted by atomic mass is 9.98. The van der Waals surface area contributed by atoms with Crippen LogP contribution in [0.2, 0.25) is 0 Å². The molecule has 1 saturated heterocycles. The second kappa shape index (κ2) is 8.08. The SMILES string of the molecule is CCc1nnc(N2CCC(c3nc(-c4ccncc4)cs3)CC2)nc1CC. The van der Waals surface area contributed by atoms with Gasteiger partial charge in [-0.3, -0.25) is 4.98 Å². The highest BCUT2D eigenvalue weighted by Gasteiger charge is 2.25. The highest BCUT2D eigenvalue weighted by atomic mass is 32.1. The van der Waals surface area contributed by atoms with E-state index < -0.39 is 0 Å². The van der Waals surface area contributed by atoms with E-state index in [0.717, 1.165) is 67.4 Å². The fourth-order valence-electron chi connectivity index (χ4n) is 3.52. The zero-order valence-electron chi connectivity index (χ0n) is 15.8. The summed E-state index contributed by atoms with van der Waals surface area (Å²) in [5.74, 6) is 1.29. The highest BCUT2D eigenvalue weighted by Crippen LogP contribution is 2.33. The topological polar surface area (TPSA) is 67.7 Å². The molecule has 4 rings (SSSR count). The van der Waals surface area contributed by atoms with Gasteiger partial charge in [-0.05, 0) is 37.8 Å². The molecule has 0 spiro atoms. The van der Waals surface area contributed by atoms with Crippen LogP contribution < -0.4 is 4.90 Å². The number of pyridine rings is 1. The summed E-state index contributed by atoms with van der Waals surface area (Å²) in [6.07, 6.45) is 7.56. The van der Waals surface area contributed by atoms with Crippen molar-refractivity contribution in [3.8, 4) is 11.3 Å². The Morgan fingerprint density at radius 2 is 1.74 bits per heavy atom. The van der Waals surface area contributed by atoms with Gasteiger partial charge in [0.05, 0.1) is 22.1 Å². The number of anilines is 1. The highest BCUT2D eigenvalue weighted by molar-refractivity contribution is 7.10. The molecule has 4 heterocycles.